The first kappa shape index (κ1) is 13.3. The van der Waals surface area contributed by atoms with E-state index in [-0.39, 0.29) is 0 Å². The molecule has 0 spiro atoms. The summed E-state index contributed by atoms with van der Waals surface area (Å²) in [5, 5.41) is 4.55. The number of nitrogens with one attached hydrogen (secondary N) is 1. The van der Waals surface area contributed by atoms with E-state index in [4.69, 9.17) is 9.97 Å². The van der Waals surface area contributed by atoms with Gasteiger partial charge < -0.3 is 10.2 Å². The third kappa shape index (κ3) is 2.18. The molecule has 2 aromatic rings. The highest BCUT2D eigenvalue weighted by atomic mass is 32.1. The van der Waals surface area contributed by atoms with Crippen LogP contribution >= 0.6 is 11.3 Å². The van der Waals surface area contributed by atoms with Crippen LogP contribution in [0.4, 0.5) is 11.8 Å². The topological polar surface area (TPSA) is 41.1 Å². The molecule has 1 N–H and O–H groups in total. The van der Waals surface area contributed by atoms with Gasteiger partial charge in [-0.1, -0.05) is 6.92 Å². The van der Waals surface area contributed by atoms with E-state index in [0.717, 1.165) is 29.7 Å². The zero-order chi connectivity index (χ0) is 14.4. The molecule has 112 valence electrons. The van der Waals surface area contributed by atoms with Crippen molar-refractivity contribution in [3.05, 3.63) is 10.9 Å². The van der Waals surface area contributed by atoms with E-state index in [9.17, 15) is 0 Å². The molecule has 0 radical (unpaired) electrons. The van der Waals surface area contributed by atoms with Crippen molar-refractivity contribution in [1.29, 1.82) is 0 Å². The summed E-state index contributed by atoms with van der Waals surface area (Å²) in [5.41, 5.74) is 0. The Bertz CT molecular complexity index is 666. The van der Waals surface area contributed by atoms with E-state index >= 15 is 0 Å². The Morgan fingerprint density at radius 3 is 2.90 bits per heavy atom. The summed E-state index contributed by atoms with van der Waals surface area (Å²) >= 11 is 1.81. The van der Waals surface area contributed by atoms with Gasteiger partial charge in [0.25, 0.3) is 0 Å². The SMILES string of the molecule is CCNc1nc(N2CC3CCC2C3)c2cc(CC)sc2n1. The number of aryl methyl sites for hydroxylation is 1. The lowest BCUT2D eigenvalue weighted by Crippen LogP contribution is -2.32. The van der Waals surface area contributed by atoms with Gasteiger partial charge in [0.15, 0.2) is 0 Å². The fraction of sp³-hybridized carbons (Fsp3) is 0.625. The van der Waals surface area contributed by atoms with Crippen molar-refractivity contribution in [2.75, 3.05) is 23.3 Å². The van der Waals surface area contributed by atoms with E-state index < -0.39 is 0 Å². The Balaban J connectivity index is 1.82. The van der Waals surface area contributed by atoms with Gasteiger partial charge in [-0.25, -0.2) is 4.98 Å². The van der Waals surface area contributed by atoms with Crippen molar-refractivity contribution >= 4 is 33.3 Å². The van der Waals surface area contributed by atoms with E-state index in [1.165, 1.54) is 41.9 Å². The van der Waals surface area contributed by atoms with Gasteiger partial charge in [-0.2, -0.15) is 4.98 Å². The van der Waals surface area contributed by atoms with E-state index in [1.807, 2.05) is 11.3 Å². The van der Waals surface area contributed by atoms with Crippen LogP contribution in [-0.4, -0.2) is 29.1 Å². The Morgan fingerprint density at radius 1 is 1.33 bits per heavy atom. The lowest BCUT2D eigenvalue weighted by atomic mass is 10.1. The number of thiophene rings is 1. The molecule has 4 rings (SSSR count). The van der Waals surface area contributed by atoms with Gasteiger partial charge in [0.2, 0.25) is 5.95 Å². The Kier molecular flexibility index (Phi) is 3.25. The molecule has 3 heterocycles. The number of piperidine rings is 1. The summed E-state index contributed by atoms with van der Waals surface area (Å²) in [6.07, 6.45) is 5.16. The molecule has 1 saturated heterocycles. The molecule has 2 fully saturated rings. The molecule has 2 aromatic heterocycles. The summed E-state index contributed by atoms with van der Waals surface area (Å²) in [7, 11) is 0. The van der Waals surface area contributed by atoms with Crippen molar-refractivity contribution < 1.29 is 0 Å². The number of anilines is 2. The van der Waals surface area contributed by atoms with Gasteiger partial charge in [-0.15, -0.1) is 11.3 Å². The van der Waals surface area contributed by atoms with E-state index in [0.29, 0.717) is 6.04 Å². The molecule has 5 heteroatoms. The molecule has 2 unspecified atom stereocenters. The summed E-state index contributed by atoms with van der Waals surface area (Å²) < 4.78 is 0. The zero-order valence-corrected chi connectivity index (χ0v) is 13.5. The second-order valence-electron chi connectivity index (χ2n) is 6.17. The molecule has 1 saturated carbocycles. The van der Waals surface area contributed by atoms with Crippen LogP contribution in [0.25, 0.3) is 10.2 Å². The van der Waals surface area contributed by atoms with Gasteiger partial charge in [0.1, 0.15) is 10.6 Å². The molecule has 21 heavy (non-hydrogen) atoms. The highest BCUT2D eigenvalue weighted by Crippen LogP contribution is 2.42. The summed E-state index contributed by atoms with van der Waals surface area (Å²) in [4.78, 5) is 14.6. The Morgan fingerprint density at radius 2 is 2.24 bits per heavy atom. The number of rotatable bonds is 4. The fourth-order valence-corrected chi connectivity index (χ4v) is 4.73. The maximum absolute atomic E-state index is 4.85. The first-order valence-electron chi connectivity index (χ1n) is 8.09. The van der Waals surface area contributed by atoms with Gasteiger partial charge in [0.05, 0.1) is 5.39 Å². The maximum atomic E-state index is 4.85. The molecule has 2 aliphatic rings. The number of nitrogens with zero attached hydrogens (tertiary/aromatic N) is 3. The molecule has 0 amide bonds. The molecular formula is C16H22N4S. The first-order valence-corrected chi connectivity index (χ1v) is 8.91. The molecule has 1 aliphatic heterocycles. The highest BCUT2D eigenvalue weighted by Gasteiger charge is 2.39. The quantitative estimate of drug-likeness (QED) is 0.935. The highest BCUT2D eigenvalue weighted by molar-refractivity contribution is 7.18. The molecular weight excluding hydrogens is 280 g/mol. The first-order chi connectivity index (χ1) is 10.3. The van der Waals surface area contributed by atoms with Crippen molar-refractivity contribution in [3.8, 4) is 0 Å². The van der Waals surface area contributed by atoms with Crippen molar-refractivity contribution in [2.45, 2.75) is 45.6 Å². The van der Waals surface area contributed by atoms with Crippen LogP contribution in [0.5, 0.6) is 0 Å². The monoisotopic (exact) mass is 302 g/mol. The van der Waals surface area contributed by atoms with Crippen LogP contribution in [0.2, 0.25) is 0 Å². The van der Waals surface area contributed by atoms with Crippen LogP contribution in [0.15, 0.2) is 6.07 Å². The third-order valence-electron chi connectivity index (χ3n) is 4.79. The predicted molar refractivity (Wildman–Crippen MR) is 89.4 cm³/mol. The molecule has 1 aliphatic carbocycles. The minimum Gasteiger partial charge on any atom is -0.354 e. The van der Waals surface area contributed by atoms with Crippen LogP contribution in [-0.2, 0) is 6.42 Å². The lowest BCUT2D eigenvalue weighted by molar-refractivity contribution is 0.551. The van der Waals surface area contributed by atoms with Crippen molar-refractivity contribution in [2.24, 2.45) is 5.92 Å². The van der Waals surface area contributed by atoms with E-state index in [2.05, 4.69) is 30.1 Å². The van der Waals surface area contributed by atoms with Gasteiger partial charge >= 0.3 is 0 Å². The molecule has 0 aromatic carbocycles. The van der Waals surface area contributed by atoms with Crippen LogP contribution < -0.4 is 10.2 Å². The predicted octanol–water partition coefficient (Wildman–Crippen LogP) is 3.67. The van der Waals surface area contributed by atoms with Crippen LogP contribution in [0, 0.1) is 5.92 Å². The minimum atomic E-state index is 0.701. The average Bonchev–Trinajstić information content (AvgIpc) is 3.20. The minimum absolute atomic E-state index is 0.701. The second kappa shape index (κ2) is 5.13. The van der Waals surface area contributed by atoms with E-state index in [1.54, 1.807) is 0 Å². The zero-order valence-electron chi connectivity index (χ0n) is 12.7. The summed E-state index contributed by atoms with van der Waals surface area (Å²) in [5.74, 6) is 2.83. The van der Waals surface area contributed by atoms with Gasteiger partial charge in [-0.3, -0.25) is 0 Å². The smallest absolute Gasteiger partial charge is 0.226 e. The third-order valence-corrected chi connectivity index (χ3v) is 5.96. The second-order valence-corrected chi connectivity index (χ2v) is 7.29. The number of hydrogen-bond acceptors (Lipinski definition) is 5. The van der Waals surface area contributed by atoms with Crippen LogP contribution in [0.1, 0.15) is 38.0 Å². The Labute approximate surface area is 129 Å². The lowest BCUT2D eigenvalue weighted by Gasteiger charge is -2.28. The van der Waals surface area contributed by atoms with Crippen molar-refractivity contribution in [1.82, 2.24) is 9.97 Å². The standard InChI is InChI=1S/C16H22N4S/c1-3-12-8-13-14(20-9-10-5-6-11(20)7-10)18-16(17-4-2)19-15(13)21-12/h8,10-11H,3-7,9H2,1-2H3,(H,17,18,19). The van der Waals surface area contributed by atoms with Crippen LogP contribution in [0.3, 0.4) is 0 Å². The number of aromatic nitrogens is 2. The Hall–Kier alpha value is -1.36. The summed E-state index contributed by atoms with van der Waals surface area (Å²) in [6, 6.07) is 3.00. The van der Waals surface area contributed by atoms with Gasteiger partial charge in [0, 0.05) is 24.0 Å². The number of hydrogen-bond donors (Lipinski definition) is 1. The number of fused-ring (bicyclic) bond motifs is 3. The van der Waals surface area contributed by atoms with Gasteiger partial charge in [-0.05, 0) is 44.6 Å². The molecule has 4 nitrogen and oxygen atoms in total. The fourth-order valence-electron chi connectivity index (χ4n) is 3.77. The molecule has 2 bridgehead atoms. The maximum Gasteiger partial charge on any atom is 0.226 e. The normalized spacial score (nSPS) is 24.2. The molecule has 2 atom stereocenters. The van der Waals surface area contributed by atoms with Crippen molar-refractivity contribution in [3.63, 3.8) is 0 Å². The summed E-state index contributed by atoms with van der Waals surface area (Å²) in [6.45, 7) is 6.35. The average molecular weight is 302 g/mol. The largest absolute Gasteiger partial charge is 0.354 e.